The van der Waals surface area contributed by atoms with Crippen molar-refractivity contribution in [3.8, 4) is 5.82 Å². The number of anilines is 1. The van der Waals surface area contributed by atoms with Gasteiger partial charge >= 0.3 is 0 Å². The maximum atomic E-state index is 13.9. The molecule has 0 radical (unpaired) electrons. The predicted octanol–water partition coefficient (Wildman–Crippen LogP) is 1.31. The van der Waals surface area contributed by atoms with Gasteiger partial charge in [-0.15, -0.1) is 0 Å². The Morgan fingerprint density at radius 3 is 2.44 bits per heavy atom. The van der Waals surface area contributed by atoms with Gasteiger partial charge in [0.2, 0.25) is 10.0 Å². The van der Waals surface area contributed by atoms with Crippen molar-refractivity contribution in [3.63, 3.8) is 0 Å². The Labute approximate surface area is 156 Å². The van der Waals surface area contributed by atoms with E-state index in [0.29, 0.717) is 24.7 Å². The van der Waals surface area contributed by atoms with Crippen molar-refractivity contribution in [2.24, 2.45) is 0 Å². The summed E-state index contributed by atoms with van der Waals surface area (Å²) in [5.74, 6) is 0.649. The second-order valence-electron chi connectivity index (χ2n) is 6.03. The van der Waals surface area contributed by atoms with Gasteiger partial charge in [0, 0.05) is 44.6 Å². The van der Waals surface area contributed by atoms with Crippen LogP contribution >= 0.6 is 0 Å². The van der Waals surface area contributed by atoms with Crippen LogP contribution < -0.4 is 4.90 Å². The molecule has 1 saturated heterocycles. The monoisotopic (exact) mass is 388 g/mol. The minimum absolute atomic E-state index is 0.251. The second kappa shape index (κ2) is 7.05. The van der Waals surface area contributed by atoms with Gasteiger partial charge in [-0.2, -0.15) is 4.31 Å². The molecule has 8 nitrogen and oxygen atoms in total. The van der Waals surface area contributed by atoms with Gasteiger partial charge in [0.1, 0.15) is 35.0 Å². The van der Waals surface area contributed by atoms with Crippen LogP contribution in [0.2, 0.25) is 0 Å². The molecule has 0 saturated carbocycles. The third-order valence-corrected chi connectivity index (χ3v) is 6.36. The Bertz CT molecular complexity index is 1030. The molecule has 3 aromatic rings. The zero-order valence-electron chi connectivity index (χ0n) is 14.3. The highest BCUT2D eigenvalue weighted by molar-refractivity contribution is 7.89. The summed E-state index contributed by atoms with van der Waals surface area (Å²) in [6, 6.07) is 7.26. The molecule has 1 fully saturated rings. The molecule has 1 aliphatic rings. The minimum atomic E-state index is -3.86. The van der Waals surface area contributed by atoms with Crippen molar-refractivity contribution in [2.45, 2.75) is 4.90 Å². The average molecular weight is 388 g/mol. The van der Waals surface area contributed by atoms with E-state index in [4.69, 9.17) is 0 Å². The van der Waals surface area contributed by atoms with Crippen LogP contribution in [-0.4, -0.2) is 58.4 Å². The molecular weight excluding hydrogens is 371 g/mol. The van der Waals surface area contributed by atoms with Crippen molar-refractivity contribution < 1.29 is 12.8 Å². The lowest BCUT2D eigenvalue weighted by atomic mass is 10.3. The van der Waals surface area contributed by atoms with Crippen LogP contribution in [0.4, 0.5) is 10.2 Å². The number of aromatic nitrogens is 4. The highest BCUT2D eigenvalue weighted by Gasteiger charge is 2.30. The summed E-state index contributed by atoms with van der Waals surface area (Å²) in [5.41, 5.74) is 0. The van der Waals surface area contributed by atoms with Crippen LogP contribution in [0.25, 0.3) is 5.82 Å². The van der Waals surface area contributed by atoms with Gasteiger partial charge in [-0.3, -0.25) is 4.57 Å². The fraction of sp³-hybridized carbons (Fsp3) is 0.235. The number of benzene rings is 1. The van der Waals surface area contributed by atoms with Crippen molar-refractivity contribution in [1.29, 1.82) is 0 Å². The molecule has 27 heavy (non-hydrogen) atoms. The van der Waals surface area contributed by atoms with E-state index in [-0.39, 0.29) is 18.0 Å². The molecule has 1 aliphatic heterocycles. The summed E-state index contributed by atoms with van der Waals surface area (Å²) in [4.78, 5) is 14.2. The molecule has 0 amide bonds. The van der Waals surface area contributed by atoms with Crippen LogP contribution in [0.1, 0.15) is 0 Å². The second-order valence-corrected chi connectivity index (χ2v) is 7.93. The summed E-state index contributed by atoms with van der Waals surface area (Å²) in [7, 11) is -3.86. The molecule has 10 heteroatoms. The summed E-state index contributed by atoms with van der Waals surface area (Å²) >= 11 is 0. The van der Waals surface area contributed by atoms with Crippen LogP contribution in [0.15, 0.2) is 60.3 Å². The highest BCUT2D eigenvalue weighted by Crippen LogP contribution is 2.22. The van der Waals surface area contributed by atoms with Crippen LogP contribution in [-0.2, 0) is 10.0 Å². The first-order valence-electron chi connectivity index (χ1n) is 8.36. The Hall–Kier alpha value is -2.85. The van der Waals surface area contributed by atoms with Crippen LogP contribution in [0.3, 0.4) is 0 Å². The van der Waals surface area contributed by atoms with Crippen LogP contribution in [0.5, 0.6) is 0 Å². The van der Waals surface area contributed by atoms with Crippen molar-refractivity contribution in [2.75, 3.05) is 31.1 Å². The minimum Gasteiger partial charge on any atom is -0.354 e. The highest BCUT2D eigenvalue weighted by atomic mass is 32.2. The fourth-order valence-electron chi connectivity index (χ4n) is 3.00. The Morgan fingerprint density at radius 2 is 1.74 bits per heavy atom. The van der Waals surface area contributed by atoms with Gasteiger partial charge in [-0.05, 0) is 12.1 Å². The Morgan fingerprint density at radius 1 is 1.00 bits per heavy atom. The standard InChI is InChI=1S/C17H17FN6O2S/c18-14-3-1-2-4-15(14)27(25,26)24-9-7-22(8-10-24)16-11-17(21-12-20-16)23-6-5-19-13-23/h1-6,11-13H,7-10H2. The first kappa shape index (κ1) is 17.6. The van der Waals surface area contributed by atoms with Crippen molar-refractivity contribution in [3.05, 3.63) is 61.2 Å². The number of halogens is 1. The zero-order chi connectivity index (χ0) is 18.9. The topological polar surface area (TPSA) is 84.2 Å². The lowest BCUT2D eigenvalue weighted by molar-refractivity contribution is 0.381. The third-order valence-electron chi connectivity index (χ3n) is 4.42. The van der Waals surface area contributed by atoms with Gasteiger partial charge in [-0.25, -0.2) is 27.8 Å². The van der Waals surface area contributed by atoms with Crippen LogP contribution in [0, 0.1) is 5.82 Å². The number of imidazole rings is 1. The summed E-state index contributed by atoms with van der Waals surface area (Å²) in [6.07, 6.45) is 6.55. The zero-order valence-corrected chi connectivity index (χ0v) is 15.1. The predicted molar refractivity (Wildman–Crippen MR) is 96.5 cm³/mol. The number of sulfonamides is 1. The van der Waals surface area contributed by atoms with Gasteiger partial charge in [0.15, 0.2) is 0 Å². The number of nitrogens with zero attached hydrogens (tertiary/aromatic N) is 6. The normalized spacial score (nSPS) is 15.8. The number of hydrogen-bond donors (Lipinski definition) is 0. The first-order valence-corrected chi connectivity index (χ1v) is 9.80. The van der Waals surface area contributed by atoms with Gasteiger partial charge in [0.25, 0.3) is 0 Å². The fourth-order valence-corrected chi connectivity index (χ4v) is 4.48. The first-order chi connectivity index (χ1) is 13.1. The largest absolute Gasteiger partial charge is 0.354 e. The number of rotatable bonds is 4. The van der Waals surface area contributed by atoms with E-state index in [1.807, 2.05) is 11.0 Å². The molecular formula is C17H17FN6O2S. The quantitative estimate of drug-likeness (QED) is 0.670. The van der Waals surface area contributed by atoms with Gasteiger partial charge in [-0.1, -0.05) is 12.1 Å². The molecule has 4 rings (SSSR count). The summed E-state index contributed by atoms with van der Waals surface area (Å²) in [6.45, 7) is 1.41. The van der Waals surface area contributed by atoms with Gasteiger partial charge < -0.3 is 4.90 Å². The number of piperazine rings is 1. The Balaban J connectivity index is 1.50. The van der Waals surface area contributed by atoms with E-state index in [1.165, 1.54) is 28.8 Å². The summed E-state index contributed by atoms with van der Waals surface area (Å²) < 4.78 is 42.4. The molecule has 1 aromatic carbocycles. The van der Waals surface area contributed by atoms with Crippen molar-refractivity contribution >= 4 is 15.8 Å². The van der Waals surface area contributed by atoms with E-state index >= 15 is 0 Å². The van der Waals surface area contributed by atoms with E-state index in [9.17, 15) is 12.8 Å². The van der Waals surface area contributed by atoms with Crippen molar-refractivity contribution in [1.82, 2.24) is 23.8 Å². The molecule has 0 spiro atoms. The molecule has 2 aromatic heterocycles. The molecule has 0 atom stereocenters. The molecule has 140 valence electrons. The number of hydrogen-bond acceptors (Lipinski definition) is 6. The smallest absolute Gasteiger partial charge is 0.246 e. The van der Waals surface area contributed by atoms with Gasteiger partial charge in [0.05, 0.1) is 0 Å². The molecule has 0 aliphatic carbocycles. The molecule has 0 unspecified atom stereocenters. The summed E-state index contributed by atoms with van der Waals surface area (Å²) in [5, 5.41) is 0. The van der Waals surface area contributed by atoms with E-state index < -0.39 is 15.8 Å². The lowest BCUT2D eigenvalue weighted by Gasteiger charge is -2.34. The van der Waals surface area contributed by atoms with E-state index in [2.05, 4.69) is 15.0 Å². The SMILES string of the molecule is O=S(=O)(c1ccccc1F)N1CCN(c2cc(-n3ccnc3)ncn2)CC1. The Kier molecular flexibility index (Phi) is 4.58. The molecule has 0 bridgehead atoms. The molecule has 0 N–H and O–H groups in total. The average Bonchev–Trinajstić information content (AvgIpc) is 3.23. The molecule has 3 heterocycles. The lowest BCUT2D eigenvalue weighted by Crippen LogP contribution is -2.49. The maximum absolute atomic E-state index is 13.9. The maximum Gasteiger partial charge on any atom is 0.246 e. The van der Waals surface area contributed by atoms with E-state index in [0.717, 1.165) is 6.07 Å². The third kappa shape index (κ3) is 3.40. The van der Waals surface area contributed by atoms with E-state index in [1.54, 1.807) is 23.3 Å².